The van der Waals surface area contributed by atoms with Crippen LogP contribution < -0.4 is 14.4 Å². The van der Waals surface area contributed by atoms with E-state index in [1.54, 1.807) is 24.3 Å². The number of aryl methyl sites for hydroxylation is 1. The molecule has 0 radical (unpaired) electrons. The highest BCUT2D eigenvalue weighted by Crippen LogP contribution is 2.29. The summed E-state index contributed by atoms with van der Waals surface area (Å²) in [7, 11) is -3.66. The first-order chi connectivity index (χ1) is 13.3. The van der Waals surface area contributed by atoms with Crippen molar-refractivity contribution in [3.63, 3.8) is 0 Å². The number of hydrogen-bond acceptors (Lipinski definition) is 4. The van der Waals surface area contributed by atoms with Gasteiger partial charge in [-0.25, -0.2) is 8.42 Å². The summed E-state index contributed by atoms with van der Waals surface area (Å²) in [5.74, 6) is 0.0397. The molecule has 2 rings (SSSR count). The van der Waals surface area contributed by atoms with Gasteiger partial charge in [0.2, 0.25) is 15.9 Å². The smallest absolute Gasteiger partial charge is 0.240 e. The first-order valence-electron chi connectivity index (χ1n) is 9.02. The molecular weight excluding hydrogens is 400 g/mol. The minimum absolute atomic E-state index is 0.311. The number of nitrogens with zero attached hydrogens (tertiary/aromatic N) is 1. The Morgan fingerprint density at radius 3 is 2.50 bits per heavy atom. The maximum atomic E-state index is 12.3. The molecule has 0 saturated heterocycles. The Labute approximate surface area is 171 Å². The zero-order valence-electron chi connectivity index (χ0n) is 16.0. The highest BCUT2D eigenvalue weighted by atomic mass is 35.5. The van der Waals surface area contributed by atoms with E-state index in [2.05, 4.69) is 5.32 Å². The van der Waals surface area contributed by atoms with Gasteiger partial charge in [0.1, 0.15) is 12.3 Å². The lowest BCUT2D eigenvalue weighted by atomic mass is 10.1. The molecule has 0 aliphatic rings. The number of amides is 1. The molecule has 2 aromatic carbocycles. The Morgan fingerprint density at radius 1 is 1.14 bits per heavy atom. The number of benzene rings is 2. The van der Waals surface area contributed by atoms with E-state index in [0.717, 1.165) is 22.5 Å². The first kappa shape index (κ1) is 22.0. The maximum absolute atomic E-state index is 12.3. The standard InChI is InChI=1S/C20H25ClN2O4S/c1-3-27-19-13-7-6-12-18(19)23(28(2,25)26)15-20(24)22-14-8-10-16-9-4-5-11-17(16)21/h4-7,9,11-13H,3,8,10,14-15H2,1-2H3,(H,22,24). The van der Waals surface area contributed by atoms with Crippen molar-refractivity contribution in [3.8, 4) is 5.75 Å². The van der Waals surface area contributed by atoms with Crippen LogP contribution in [0.3, 0.4) is 0 Å². The Hall–Kier alpha value is -2.25. The summed E-state index contributed by atoms with van der Waals surface area (Å²) in [5, 5.41) is 3.47. The number of nitrogens with one attached hydrogen (secondary N) is 1. The summed E-state index contributed by atoms with van der Waals surface area (Å²) in [5.41, 5.74) is 1.36. The highest BCUT2D eigenvalue weighted by Gasteiger charge is 2.23. The average molecular weight is 425 g/mol. The van der Waals surface area contributed by atoms with E-state index in [0.29, 0.717) is 36.0 Å². The minimum Gasteiger partial charge on any atom is -0.492 e. The van der Waals surface area contributed by atoms with Crippen LogP contribution in [0.5, 0.6) is 5.75 Å². The molecule has 0 bridgehead atoms. The third-order valence-corrected chi connectivity index (χ3v) is 5.52. The maximum Gasteiger partial charge on any atom is 0.240 e. The SMILES string of the molecule is CCOc1ccccc1N(CC(=O)NCCCc1ccccc1Cl)S(C)(=O)=O. The second-order valence-corrected chi connectivity index (χ2v) is 8.53. The second kappa shape index (κ2) is 10.3. The number of hydrogen-bond donors (Lipinski definition) is 1. The van der Waals surface area contributed by atoms with Crippen molar-refractivity contribution in [2.45, 2.75) is 19.8 Å². The van der Waals surface area contributed by atoms with Crippen molar-refractivity contribution in [2.75, 3.05) is 30.3 Å². The van der Waals surface area contributed by atoms with Crippen LogP contribution in [0.25, 0.3) is 0 Å². The van der Waals surface area contributed by atoms with Gasteiger partial charge >= 0.3 is 0 Å². The molecule has 0 aromatic heterocycles. The largest absolute Gasteiger partial charge is 0.492 e. The van der Waals surface area contributed by atoms with Gasteiger partial charge in [0, 0.05) is 11.6 Å². The summed E-state index contributed by atoms with van der Waals surface area (Å²) in [6.07, 6.45) is 2.49. The van der Waals surface area contributed by atoms with Gasteiger partial charge in [-0.3, -0.25) is 9.10 Å². The molecule has 2 aromatic rings. The molecule has 1 N–H and O–H groups in total. The molecule has 0 unspecified atom stereocenters. The Morgan fingerprint density at radius 2 is 1.82 bits per heavy atom. The molecule has 28 heavy (non-hydrogen) atoms. The van der Waals surface area contributed by atoms with Gasteiger partial charge in [-0.15, -0.1) is 0 Å². The lowest BCUT2D eigenvalue weighted by Crippen LogP contribution is -2.40. The summed E-state index contributed by atoms with van der Waals surface area (Å²) in [4.78, 5) is 12.3. The molecule has 0 fully saturated rings. The van der Waals surface area contributed by atoms with Crippen LogP contribution in [-0.2, 0) is 21.2 Å². The number of halogens is 1. The zero-order valence-corrected chi connectivity index (χ0v) is 17.6. The summed E-state index contributed by atoms with van der Waals surface area (Å²) in [6, 6.07) is 14.3. The van der Waals surface area contributed by atoms with E-state index in [9.17, 15) is 13.2 Å². The monoisotopic (exact) mass is 424 g/mol. The van der Waals surface area contributed by atoms with E-state index in [1.165, 1.54) is 0 Å². The summed E-state index contributed by atoms with van der Waals surface area (Å²) >= 11 is 6.12. The van der Waals surface area contributed by atoms with Crippen LogP contribution in [0.4, 0.5) is 5.69 Å². The number of carbonyl (C=O) groups excluding carboxylic acids is 1. The predicted octanol–water partition coefficient (Wildman–Crippen LogP) is 3.25. The Bertz CT molecular complexity index is 903. The fraction of sp³-hybridized carbons (Fsp3) is 0.350. The molecule has 152 valence electrons. The number of anilines is 1. The molecule has 0 aliphatic carbocycles. The molecule has 0 saturated carbocycles. The number of para-hydroxylation sites is 2. The average Bonchev–Trinajstić information content (AvgIpc) is 2.65. The van der Waals surface area contributed by atoms with Crippen LogP contribution >= 0.6 is 11.6 Å². The van der Waals surface area contributed by atoms with E-state index in [4.69, 9.17) is 16.3 Å². The lowest BCUT2D eigenvalue weighted by molar-refractivity contribution is -0.119. The predicted molar refractivity (Wildman–Crippen MR) is 113 cm³/mol. The van der Waals surface area contributed by atoms with Gasteiger partial charge in [-0.05, 0) is 43.5 Å². The zero-order chi connectivity index (χ0) is 20.6. The van der Waals surface area contributed by atoms with E-state index in [-0.39, 0.29) is 12.5 Å². The molecule has 8 heteroatoms. The number of ether oxygens (including phenoxy) is 1. The Balaban J connectivity index is 1.98. The molecule has 1 amide bonds. The van der Waals surface area contributed by atoms with Crippen molar-refractivity contribution in [2.24, 2.45) is 0 Å². The fourth-order valence-electron chi connectivity index (χ4n) is 2.72. The van der Waals surface area contributed by atoms with Crippen molar-refractivity contribution >= 4 is 33.2 Å². The molecular formula is C20H25ClN2O4S. The van der Waals surface area contributed by atoms with Crippen molar-refractivity contribution in [3.05, 3.63) is 59.1 Å². The van der Waals surface area contributed by atoms with Crippen LogP contribution in [0.1, 0.15) is 18.9 Å². The van der Waals surface area contributed by atoms with E-state index >= 15 is 0 Å². The summed E-state index contributed by atoms with van der Waals surface area (Å²) in [6.45, 7) is 2.32. The van der Waals surface area contributed by atoms with Crippen LogP contribution in [0.2, 0.25) is 5.02 Å². The van der Waals surface area contributed by atoms with Gasteiger partial charge in [0.25, 0.3) is 0 Å². The normalized spacial score (nSPS) is 11.1. The second-order valence-electron chi connectivity index (χ2n) is 6.22. The molecule has 0 spiro atoms. The number of carbonyl (C=O) groups is 1. The Kier molecular flexibility index (Phi) is 8.14. The van der Waals surface area contributed by atoms with Gasteiger partial charge in [0.15, 0.2) is 0 Å². The fourth-order valence-corrected chi connectivity index (χ4v) is 3.81. The quantitative estimate of drug-likeness (QED) is 0.594. The van der Waals surface area contributed by atoms with Gasteiger partial charge in [-0.2, -0.15) is 0 Å². The molecule has 0 heterocycles. The van der Waals surface area contributed by atoms with Crippen LogP contribution in [0.15, 0.2) is 48.5 Å². The topological polar surface area (TPSA) is 75.7 Å². The first-order valence-corrected chi connectivity index (χ1v) is 11.2. The van der Waals surface area contributed by atoms with Crippen LogP contribution in [0, 0.1) is 0 Å². The third kappa shape index (κ3) is 6.42. The van der Waals surface area contributed by atoms with Gasteiger partial charge in [0.05, 0.1) is 18.6 Å². The lowest BCUT2D eigenvalue weighted by Gasteiger charge is -2.24. The van der Waals surface area contributed by atoms with Crippen molar-refractivity contribution in [1.29, 1.82) is 0 Å². The number of rotatable bonds is 10. The van der Waals surface area contributed by atoms with E-state index < -0.39 is 10.0 Å². The molecule has 0 aliphatic heterocycles. The third-order valence-electron chi connectivity index (χ3n) is 4.02. The van der Waals surface area contributed by atoms with Crippen LogP contribution in [-0.4, -0.2) is 40.3 Å². The van der Waals surface area contributed by atoms with Crippen molar-refractivity contribution < 1.29 is 17.9 Å². The van der Waals surface area contributed by atoms with Gasteiger partial charge < -0.3 is 10.1 Å². The minimum atomic E-state index is -3.66. The van der Waals surface area contributed by atoms with Crippen molar-refractivity contribution in [1.82, 2.24) is 5.32 Å². The van der Waals surface area contributed by atoms with Gasteiger partial charge in [-0.1, -0.05) is 41.9 Å². The number of sulfonamides is 1. The highest BCUT2D eigenvalue weighted by molar-refractivity contribution is 7.92. The summed E-state index contributed by atoms with van der Waals surface area (Å²) < 4.78 is 31.1. The molecule has 0 atom stereocenters. The molecule has 6 nitrogen and oxygen atoms in total. The van der Waals surface area contributed by atoms with E-state index in [1.807, 2.05) is 31.2 Å².